The second kappa shape index (κ2) is 7.74. The monoisotopic (exact) mass is 444 g/mol. The standard InChI is InChI=1S/C20H20N4S4/c1-25-13-6-7-14-17(12-13)28-19(21-14)23-8-10-24(11-9-23)20-22-18-15(26-2)4-3-5-16(18)27-20/h3-7,12H,8-11H2,1-2H3. The normalized spacial score (nSPS) is 15.1. The predicted octanol–water partition coefficient (Wildman–Crippen LogP) is 5.68. The minimum atomic E-state index is 0.987. The van der Waals surface area contributed by atoms with E-state index in [0.29, 0.717) is 0 Å². The number of benzene rings is 2. The van der Waals surface area contributed by atoms with Crippen LogP contribution in [0.1, 0.15) is 0 Å². The molecule has 3 heterocycles. The summed E-state index contributed by atoms with van der Waals surface area (Å²) in [7, 11) is 0. The minimum Gasteiger partial charge on any atom is -0.345 e. The van der Waals surface area contributed by atoms with Crippen LogP contribution in [-0.2, 0) is 0 Å². The van der Waals surface area contributed by atoms with Crippen molar-refractivity contribution in [3.8, 4) is 0 Å². The average Bonchev–Trinajstić information content (AvgIpc) is 3.37. The summed E-state index contributed by atoms with van der Waals surface area (Å²) in [6.07, 6.45) is 4.24. The zero-order valence-corrected chi connectivity index (χ0v) is 19.0. The first-order valence-corrected chi connectivity index (χ1v) is 13.2. The Hall–Kier alpha value is -1.48. The van der Waals surface area contributed by atoms with Crippen LogP contribution >= 0.6 is 46.2 Å². The maximum atomic E-state index is 4.95. The molecule has 0 amide bonds. The number of para-hydroxylation sites is 1. The van der Waals surface area contributed by atoms with Crippen LogP contribution in [0.3, 0.4) is 0 Å². The highest BCUT2D eigenvalue weighted by molar-refractivity contribution is 7.99. The number of nitrogens with zero attached hydrogens (tertiary/aromatic N) is 4. The molecule has 2 aromatic carbocycles. The number of hydrogen-bond acceptors (Lipinski definition) is 8. The van der Waals surface area contributed by atoms with Crippen LogP contribution < -0.4 is 9.80 Å². The summed E-state index contributed by atoms with van der Waals surface area (Å²) >= 11 is 7.16. The number of fused-ring (bicyclic) bond motifs is 2. The number of aromatic nitrogens is 2. The number of rotatable bonds is 4. The Bertz CT molecular complexity index is 1130. The lowest BCUT2D eigenvalue weighted by atomic mass is 10.3. The van der Waals surface area contributed by atoms with E-state index in [2.05, 4.69) is 58.7 Å². The minimum absolute atomic E-state index is 0.987. The van der Waals surface area contributed by atoms with Gasteiger partial charge in [-0.05, 0) is 42.8 Å². The van der Waals surface area contributed by atoms with Gasteiger partial charge in [-0.1, -0.05) is 28.7 Å². The second-order valence-corrected chi connectivity index (χ2v) is 10.4. The van der Waals surface area contributed by atoms with Crippen LogP contribution in [0.15, 0.2) is 46.2 Å². The first kappa shape index (κ1) is 18.5. The van der Waals surface area contributed by atoms with Gasteiger partial charge in [-0.15, -0.1) is 23.5 Å². The lowest BCUT2D eigenvalue weighted by Crippen LogP contribution is -2.46. The highest BCUT2D eigenvalue weighted by Crippen LogP contribution is 2.36. The summed E-state index contributed by atoms with van der Waals surface area (Å²) in [6.45, 7) is 3.95. The second-order valence-electron chi connectivity index (χ2n) is 6.61. The van der Waals surface area contributed by atoms with Crippen LogP contribution in [0.2, 0.25) is 0 Å². The Balaban J connectivity index is 1.33. The highest BCUT2D eigenvalue weighted by Gasteiger charge is 2.22. The zero-order chi connectivity index (χ0) is 19.1. The van der Waals surface area contributed by atoms with Crippen molar-refractivity contribution in [2.75, 3.05) is 48.5 Å². The topological polar surface area (TPSA) is 32.3 Å². The molecule has 0 unspecified atom stereocenters. The van der Waals surface area contributed by atoms with Crippen molar-refractivity contribution in [1.82, 2.24) is 9.97 Å². The van der Waals surface area contributed by atoms with Crippen molar-refractivity contribution in [3.63, 3.8) is 0 Å². The maximum Gasteiger partial charge on any atom is 0.186 e. The van der Waals surface area contributed by atoms with Crippen LogP contribution in [0.4, 0.5) is 10.3 Å². The Morgan fingerprint density at radius 3 is 2.25 bits per heavy atom. The number of thiazole rings is 2. The summed E-state index contributed by atoms with van der Waals surface area (Å²) in [5.41, 5.74) is 2.25. The van der Waals surface area contributed by atoms with Gasteiger partial charge in [-0.2, -0.15) is 0 Å². The van der Waals surface area contributed by atoms with Gasteiger partial charge >= 0.3 is 0 Å². The molecule has 0 radical (unpaired) electrons. The van der Waals surface area contributed by atoms with Crippen LogP contribution in [0, 0.1) is 0 Å². The molecular weight excluding hydrogens is 425 g/mol. The SMILES string of the molecule is CSc1ccc2nc(N3CCN(c4nc5c(SC)cccc5s4)CC3)sc2c1. The molecule has 1 aliphatic rings. The summed E-state index contributed by atoms with van der Waals surface area (Å²) in [6, 6.07) is 13.0. The molecule has 5 rings (SSSR count). The third kappa shape index (κ3) is 3.36. The van der Waals surface area contributed by atoms with Crippen molar-refractivity contribution in [1.29, 1.82) is 0 Å². The molecule has 8 heteroatoms. The third-order valence-electron chi connectivity index (χ3n) is 5.00. The van der Waals surface area contributed by atoms with E-state index in [-0.39, 0.29) is 0 Å². The summed E-state index contributed by atoms with van der Waals surface area (Å²) in [5.74, 6) is 0. The average molecular weight is 445 g/mol. The van der Waals surface area contributed by atoms with E-state index in [9.17, 15) is 0 Å². The quantitative estimate of drug-likeness (QED) is 0.377. The summed E-state index contributed by atoms with van der Waals surface area (Å²) < 4.78 is 2.56. The molecule has 2 aromatic heterocycles. The highest BCUT2D eigenvalue weighted by atomic mass is 32.2. The fourth-order valence-corrected chi connectivity index (χ4v) is 6.70. The van der Waals surface area contributed by atoms with E-state index in [1.807, 2.05) is 0 Å². The zero-order valence-electron chi connectivity index (χ0n) is 15.7. The van der Waals surface area contributed by atoms with Crippen molar-refractivity contribution < 1.29 is 0 Å². The van der Waals surface area contributed by atoms with Crippen LogP contribution in [-0.4, -0.2) is 48.7 Å². The van der Waals surface area contributed by atoms with Gasteiger partial charge in [0.05, 0.1) is 20.4 Å². The molecule has 1 aliphatic heterocycles. The first-order chi connectivity index (χ1) is 13.7. The number of anilines is 2. The predicted molar refractivity (Wildman–Crippen MR) is 127 cm³/mol. The lowest BCUT2D eigenvalue weighted by Gasteiger charge is -2.34. The Morgan fingerprint density at radius 2 is 1.54 bits per heavy atom. The number of thioether (sulfide) groups is 2. The van der Waals surface area contributed by atoms with Gasteiger partial charge in [-0.25, -0.2) is 9.97 Å². The van der Waals surface area contributed by atoms with Crippen molar-refractivity contribution >= 4 is 76.9 Å². The fourth-order valence-electron chi connectivity index (χ4n) is 3.46. The molecule has 0 bridgehead atoms. The van der Waals surface area contributed by atoms with Crippen LogP contribution in [0.25, 0.3) is 20.4 Å². The molecule has 144 valence electrons. The Kier molecular flexibility index (Phi) is 5.13. The number of hydrogen-bond donors (Lipinski definition) is 0. The fraction of sp³-hybridized carbons (Fsp3) is 0.300. The van der Waals surface area contributed by atoms with E-state index in [0.717, 1.165) is 47.5 Å². The molecule has 28 heavy (non-hydrogen) atoms. The molecule has 0 saturated carbocycles. The van der Waals surface area contributed by atoms with Gasteiger partial charge in [0.15, 0.2) is 10.3 Å². The molecule has 4 aromatic rings. The summed E-state index contributed by atoms with van der Waals surface area (Å²) in [5, 5.41) is 2.28. The Labute approximate surface area is 181 Å². The van der Waals surface area contributed by atoms with Crippen LogP contribution in [0.5, 0.6) is 0 Å². The van der Waals surface area contributed by atoms with Gasteiger partial charge in [-0.3, -0.25) is 0 Å². The molecule has 0 atom stereocenters. The van der Waals surface area contributed by atoms with Crippen molar-refractivity contribution in [2.45, 2.75) is 9.79 Å². The van der Waals surface area contributed by atoms with Crippen molar-refractivity contribution in [3.05, 3.63) is 36.4 Å². The molecule has 0 aliphatic carbocycles. The molecule has 4 nitrogen and oxygen atoms in total. The molecule has 1 saturated heterocycles. The smallest absolute Gasteiger partial charge is 0.186 e. The third-order valence-corrected chi connectivity index (χ3v) is 8.65. The maximum absolute atomic E-state index is 4.95. The van der Waals surface area contributed by atoms with Crippen molar-refractivity contribution in [2.24, 2.45) is 0 Å². The Morgan fingerprint density at radius 1 is 0.821 bits per heavy atom. The van der Waals surface area contributed by atoms with E-state index in [1.54, 1.807) is 46.2 Å². The molecule has 0 N–H and O–H groups in total. The van der Waals surface area contributed by atoms with Gasteiger partial charge in [0, 0.05) is 36.0 Å². The van der Waals surface area contributed by atoms with Gasteiger partial charge in [0.25, 0.3) is 0 Å². The van der Waals surface area contributed by atoms with E-state index in [4.69, 9.17) is 9.97 Å². The number of piperazine rings is 1. The van der Waals surface area contributed by atoms with E-state index < -0.39 is 0 Å². The molecular formula is C20H20N4S4. The molecule has 1 fully saturated rings. The van der Waals surface area contributed by atoms with Gasteiger partial charge in [0.2, 0.25) is 0 Å². The van der Waals surface area contributed by atoms with E-state index in [1.165, 1.54) is 19.2 Å². The van der Waals surface area contributed by atoms with Gasteiger partial charge in [0.1, 0.15) is 0 Å². The van der Waals surface area contributed by atoms with Gasteiger partial charge < -0.3 is 9.80 Å². The first-order valence-electron chi connectivity index (χ1n) is 9.13. The molecule has 0 spiro atoms. The largest absolute Gasteiger partial charge is 0.345 e. The van der Waals surface area contributed by atoms with E-state index >= 15 is 0 Å². The lowest BCUT2D eigenvalue weighted by molar-refractivity contribution is 0.651. The summed E-state index contributed by atoms with van der Waals surface area (Å²) in [4.78, 5) is 17.2.